The van der Waals surface area contributed by atoms with Gasteiger partial charge in [-0.3, -0.25) is 5.43 Å². The van der Waals surface area contributed by atoms with Gasteiger partial charge in [0.05, 0.1) is 12.7 Å². The Morgan fingerprint density at radius 2 is 2.36 bits per heavy atom. The Kier molecular flexibility index (Phi) is 2.11. The standard InChI is InChI=1S/C8H16N2O/c1-9-10-5-8-4-2-3-7(10)6-11-8/h7-9H,2-6H2,1H3. The Morgan fingerprint density at radius 1 is 1.45 bits per heavy atom. The third-order valence-corrected chi connectivity index (χ3v) is 2.72. The van der Waals surface area contributed by atoms with E-state index in [2.05, 4.69) is 10.4 Å². The molecular weight excluding hydrogens is 140 g/mol. The second-order valence-electron chi connectivity index (χ2n) is 3.42. The summed E-state index contributed by atoms with van der Waals surface area (Å²) in [5, 5.41) is 2.32. The number of hydrogen-bond acceptors (Lipinski definition) is 3. The topological polar surface area (TPSA) is 24.5 Å². The Morgan fingerprint density at radius 3 is 3.18 bits per heavy atom. The summed E-state index contributed by atoms with van der Waals surface area (Å²) in [5.41, 5.74) is 3.23. The molecule has 2 bridgehead atoms. The Bertz CT molecular complexity index is 136. The van der Waals surface area contributed by atoms with Crippen molar-refractivity contribution in [2.24, 2.45) is 0 Å². The fraction of sp³-hybridized carbons (Fsp3) is 1.00. The first-order valence-electron chi connectivity index (χ1n) is 4.46. The van der Waals surface area contributed by atoms with Gasteiger partial charge in [-0.2, -0.15) is 0 Å². The van der Waals surface area contributed by atoms with Crippen LogP contribution in [0.5, 0.6) is 0 Å². The monoisotopic (exact) mass is 156 g/mol. The van der Waals surface area contributed by atoms with Crippen LogP contribution in [-0.4, -0.2) is 37.4 Å². The van der Waals surface area contributed by atoms with Gasteiger partial charge in [-0.05, 0) is 26.3 Å². The quantitative estimate of drug-likeness (QED) is 0.594. The zero-order valence-corrected chi connectivity index (χ0v) is 7.05. The molecule has 11 heavy (non-hydrogen) atoms. The summed E-state index contributed by atoms with van der Waals surface area (Å²) >= 11 is 0. The lowest BCUT2D eigenvalue weighted by atomic mass is 10.1. The lowest BCUT2D eigenvalue weighted by molar-refractivity contribution is -0.0670. The van der Waals surface area contributed by atoms with Gasteiger partial charge in [-0.15, -0.1) is 0 Å². The van der Waals surface area contributed by atoms with Crippen molar-refractivity contribution in [1.82, 2.24) is 10.4 Å². The number of hydrazine groups is 1. The van der Waals surface area contributed by atoms with Crippen LogP contribution in [0.25, 0.3) is 0 Å². The van der Waals surface area contributed by atoms with Gasteiger partial charge >= 0.3 is 0 Å². The maximum absolute atomic E-state index is 5.65. The zero-order chi connectivity index (χ0) is 7.68. The second-order valence-corrected chi connectivity index (χ2v) is 3.42. The second kappa shape index (κ2) is 3.09. The molecule has 3 nitrogen and oxygen atoms in total. The van der Waals surface area contributed by atoms with Gasteiger partial charge in [0.15, 0.2) is 0 Å². The maximum atomic E-state index is 5.65. The highest BCUT2D eigenvalue weighted by atomic mass is 16.5. The average Bonchev–Trinajstić information content (AvgIpc) is 2.37. The molecule has 0 aromatic carbocycles. The first-order valence-corrected chi connectivity index (χ1v) is 4.46. The van der Waals surface area contributed by atoms with E-state index in [0.717, 1.165) is 13.2 Å². The molecule has 3 aliphatic heterocycles. The van der Waals surface area contributed by atoms with Crippen molar-refractivity contribution < 1.29 is 4.74 Å². The summed E-state index contributed by atoms with van der Waals surface area (Å²) in [6, 6.07) is 0.624. The van der Waals surface area contributed by atoms with E-state index in [1.807, 2.05) is 7.05 Å². The summed E-state index contributed by atoms with van der Waals surface area (Å²) in [5.74, 6) is 0. The first kappa shape index (κ1) is 7.53. The minimum absolute atomic E-state index is 0.487. The Labute approximate surface area is 67.7 Å². The number of rotatable bonds is 1. The fourth-order valence-electron chi connectivity index (χ4n) is 2.03. The summed E-state index contributed by atoms with van der Waals surface area (Å²) < 4.78 is 5.65. The van der Waals surface area contributed by atoms with Gasteiger partial charge in [0.25, 0.3) is 0 Å². The van der Waals surface area contributed by atoms with E-state index in [4.69, 9.17) is 4.74 Å². The van der Waals surface area contributed by atoms with Crippen LogP contribution in [0, 0.1) is 0 Å². The molecule has 3 heteroatoms. The van der Waals surface area contributed by atoms with Crippen molar-refractivity contribution in [3.8, 4) is 0 Å². The van der Waals surface area contributed by atoms with Gasteiger partial charge in [0.1, 0.15) is 0 Å². The SMILES string of the molecule is CNN1CC2CCCC1CO2. The van der Waals surface area contributed by atoms with Gasteiger partial charge in [0.2, 0.25) is 0 Å². The van der Waals surface area contributed by atoms with Crippen LogP contribution >= 0.6 is 0 Å². The van der Waals surface area contributed by atoms with Gasteiger partial charge < -0.3 is 4.74 Å². The van der Waals surface area contributed by atoms with Crippen LogP contribution in [0.1, 0.15) is 19.3 Å². The number of ether oxygens (including phenoxy) is 1. The summed E-state index contributed by atoms with van der Waals surface area (Å²) in [4.78, 5) is 0. The molecule has 3 fully saturated rings. The van der Waals surface area contributed by atoms with E-state index in [1.54, 1.807) is 0 Å². The lowest BCUT2D eigenvalue weighted by Crippen LogP contribution is -2.52. The van der Waals surface area contributed by atoms with Crippen LogP contribution in [0.3, 0.4) is 0 Å². The average molecular weight is 156 g/mol. The lowest BCUT2D eigenvalue weighted by Gasteiger charge is -2.35. The third-order valence-electron chi connectivity index (χ3n) is 2.72. The number of morpholine rings is 1. The predicted octanol–water partition coefficient (Wildman–Crippen LogP) is 0.374. The first-order chi connectivity index (χ1) is 5.40. The molecule has 64 valence electrons. The normalized spacial score (nSPS) is 39.0. The fourth-order valence-corrected chi connectivity index (χ4v) is 2.03. The largest absolute Gasteiger partial charge is 0.375 e. The zero-order valence-electron chi connectivity index (χ0n) is 7.05. The van der Waals surface area contributed by atoms with Gasteiger partial charge in [-0.25, -0.2) is 5.01 Å². The van der Waals surface area contributed by atoms with Gasteiger partial charge in [-0.1, -0.05) is 0 Å². The van der Waals surface area contributed by atoms with E-state index in [9.17, 15) is 0 Å². The molecule has 3 rings (SSSR count). The molecule has 3 heterocycles. The highest BCUT2D eigenvalue weighted by Crippen LogP contribution is 2.23. The van der Waals surface area contributed by atoms with Gasteiger partial charge in [0, 0.05) is 12.6 Å². The van der Waals surface area contributed by atoms with Crippen molar-refractivity contribution in [3.63, 3.8) is 0 Å². The smallest absolute Gasteiger partial charge is 0.0717 e. The molecular formula is C8H16N2O. The predicted molar refractivity (Wildman–Crippen MR) is 43.1 cm³/mol. The minimum atomic E-state index is 0.487. The van der Waals surface area contributed by atoms with Crippen molar-refractivity contribution >= 4 is 0 Å². The molecule has 2 atom stereocenters. The highest BCUT2D eigenvalue weighted by molar-refractivity contribution is 4.81. The van der Waals surface area contributed by atoms with Crippen LogP contribution in [0.2, 0.25) is 0 Å². The molecule has 3 aliphatic rings. The van der Waals surface area contributed by atoms with Crippen molar-refractivity contribution in [2.75, 3.05) is 20.2 Å². The molecule has 1 N–H and O–H groups in total. The number of hydrogen-bond donors (Lipinski definition) is 1. The summed E-state index contributed by atoms with van der Waals surface area (Å²) in [6.07, 6.45) is 4.35. The third kappa shape index (κ3) is 1.41. The molecule has 0 radical (unpaired) electrons. The van der Waals surface area contributed by atoms with Crippen LogP contribution < -0.4 is 5.43 Å². The van der Waals surface area contributed by atoms with E-state index in [0.29, 0.717) is 12.1 Å². The minimum Gasteiger partial charge on any atom is -0.375 e. The van der Waals surface area contributed by atoms with Crippen LogP contribution in [0.15, 0.2) is 0 Å². The van der Waals surface area contributed by atoms with E-state index in [1.165, 1.54) is 19.3 Å². The molecule has 0 spiro atoms. The van der Waals surface area contributed by atoms with E-state index < -0.39 is 0 Å². The molecule has 0 saturated carbocycles. The molecule has 2 unspecified atom stereocenters. The Balaban J connectivity index is 2.04. The van der Waals surface area contributed by atoms with E-state index in [-0.39, 0.29) is 0 Å². The maximum Gasteiger partial charge on any atom is 0.0717 e. The van der Waals surface area contributed by atoms with Crippen molar-refractivity contribution in [3.05, 3.63) is 0 Å². The number of nitrogens with one attached hydrogen (secondary N) is 1. The van der Waals surface area contributed by atoms with Crippen molar-refractivity contribution in [2.45, 2.75) is 31.4 Å². The van der Waals surface area contributed by atoms with Crippen molar-refractivity contribution in [1.29, 1.82) is 0 Å². The summed E-state index contributed by atoms with van der Waals surface area (Å²) in [6.45, 7) is 1.99. The highest BCUT2D eigenvalue weighted by Gasteiger charge is 2.30. The van der Waals surface area contributed by atoms with E-state index >= 15 is 0 Å². The number of nitrogens with zero attached hydrogens (tertiary/aromatic N) is 1. The number of fused-ring (bicyclic) bond motifs is 4. The summed E-state index contributed by atoms with van der Waals surface area (Å²) in [7, 11) is 2.00. The molecule has 0 aromatic rings. The van der Waals surface area contributed by atoms with Crippen LogP contribution in [-0.2, 0) is 4.74 Å². The molecule has 0 aliphatic carbocycles. The molecule has 0 amide bonds. The molecule has 3 saturated heterocycles. The molecule has 0 aromatic heterocycles. The van der Waals surface area contributed by atoms with Crippen LogP contribution in [0.4, 0.5) is 0 Å². The Hall–Kier alpha value is -0.120.